The molecule has 1 aliphatic heterocycles. The van der Waals surface area contributed by atoms with Gasteiger partial charge < -0.3 is 10.6 Å². The molecule has 2 N–H and O–H groups in total. The van der Waals surface area contributed by atoms with Gasteiger partial charge in [-0.3, -0.25) is 4.79 Å². The lowest BCUT2D eigenvalue weighted by Gasteiger charge is -2.39. The lowest BCUT2D eigenvalue weighted by Crippen LogP contribution is -2.53. The SMILES string of the molecule is O=C(NCC1(c2cccc(F)c2)CCCCC1)C1CNC1. The highest BCUT2D eigenvalue weighted by molar-refractivity contribution is 5.80. The first-order chi connectivity index (χ1) is 10.2. The van der Waals surface area contributed by atoms with E-state index in [1.807, 2.05) is 6.07 Å². The van der Waals surface area contributed by atoms with Crippen LogP contribution in [0.4, 0.5) is 4.39 Å². The van der Waals surface area contributed by atoms with E-state index >= 15 is 0 Å². The van der Waals surface area contributed by atoms with Crippen LogP contribution in [0.25, 0.3) is 0 Å². The zero-order valence-corrected chi connectivity index (χ0v) is 12.3. The zero-order valence-electron chi connectivity index (χ0n) is 12.3. The Morgan fingerprint density at radius 1 is 1.29 bits per heavy atom. The monoisotopic (exact) mass is 290 g/mol. The van der Waals surface area contributed by atoms with Gasteiger partial charge in [-0.05, 0) is 30.5 Å². The van der Waals surface area contributed by atoms with Crippen molar-refractivity contribution in [3.8, 4) is 0 Å². The molecule has 114 valence electrons. The number of carbonyl (C=O) groups is 1. The maximum absolute atomic E-state index is 13.6. The first-order valence-corrected chi connectivity index (χ1v) is 7.94. The van der Waals surface area contributed by atoms with Crippen molar-refractivity contribution >= 4 is 5.91 Å². The van der Waals surface area contributed by atoms with Crippen LogP contribution < -0.4 is 10.6 Å². The molecule has 0 bridgehead atoms. The molecule has 0 atom stereocenters. The Hall–Kier alpha value is -1.42. The van der Waals surface area contributed by atoms with Gasteiger partial charge in [0.05, 0.1) is 5.92 Å². The Bertz CT molecular complexity index is 507. The van der Waals surface area contributed by atoms with E-state index in [1.54, 1.807) is 12.1 Å². The lowest BCUT2D eigenvalue weighted by molar-refractivity contribution is -0.126. The van der Waals surface area contributed by atoms with Gasteiger partial charge in [-0.15, -0.1) is 0 Å². The Kier molecular flexibility index (Phi) is 4.24. The second-order valence-electron chi connectivity index (χ2n) is 6.42. The molecule has 1 aromatic carbocycles. The van der Waals surface area contributed by atoms with Crippen LogP contribution in [0.1, 0.15) is 37.7 Å². The van der Waals surface area contributed by atoms with E-state index in [-0.39, 0.29) is 23.1 Å². The summed E-state index contributed by atoms with van der Waals surface area (Å²) in [5.74, 6) is 0.0558. The van der Waals surface area contributed by atoms with Crippen LogP contribution in [-0.2, 0) is 10.2 Å². The van der Waals surface area contributed by atoms with Crippen LogP contribution in [0, 0.1) is 11.7 Å². The number of carbonyl (C=O) groups excluding carboxylic acids is 1. The van der Waals surface area contributed by atoms with Gasteiger partial charge in [-0.1, -0.05) is 31.4 Å². The molecule has 0 spiro atoms. The van der Waals surface area contributed by atoms with Crippen molar-refractivity contribution in [3.63, 3.8) is 0 Å². The summed E-state index contributed by atoms with van der Waals surface area (Å²) in [7, 11) is 0. The van der Waals surface area contributed by atoms with E-state index in [1.165, 1.54) is 12.5 Å². The van der Waals surface area contributed by atoms with E-state index < -0.39 is 0 Å². The minimum atomic E-state index is -0.188. The minimum Gasteiger partial charge on any atom is -0.355 e. The topological polar surface area (TPSA) is 41.1 Å². The van der Waals surface area contributed by atoms with E-state index in [0.717, 1.165) is 44.3 Å². The molecule has 1 aliphatic carbocycles. The number of hydrogen-bond donors (Lipinski definition) is 2. The molecule has 21 heavy (non-hydrogen) atoms. The molecule has 1 saturated carbocycles. The number of halogens is 1. The predicted molar refractivity (Wildman–Crippen MR) is 80.5 cm³/mol. The number of nitrogens with one attached hydrogen (secondary N) is 2. The van der Waals surface area contributed by atoms with Gasteiger partial charge in [0.15, 0.2) is 0 Å². The van der Waals surface area contributed by atoms with Crippen LogP contribution >= 0.6 is 0 Å². The fraction of sp³-hybridized carbons (Fsp3) is 0.588. The second kappa shape index (κ2) is 6.14. The fourth-order valence-electron chi connectivity index (χ4n) is 3.49. The molecule has 0 radical (unpaired) electrons. The van der Waals surface area contributed by atoms with Crippen LogP contribution in [0.5, 0.6) is 0 Å². The summed E-state index contributed by atoms with van der Waals surface area (Å²) in [6.45, 7) is 2.18. The van der Waals surface area contributed by atoms with E-state index in [4.69, 9.17) is 0 Å². The average Bonchev–Trinajstić information content (AvgIpc) is 2.44. The van der Waals surface area contributed by atoms with Crippen molar-refractivity contribution in [1.29, 1.82) is 0 Å². The standard InChI is InChI=1S/C17H23FN2O/c18-15-6-4-5-14(9-15)17(7-2-1-3-8-17)12-20-16(21)13-10-19-11-13/h4-6,9,13,19H,1-3,7-8,10-12H2,(H,20,21). The molecule has 0 aromatic heterocycles. The van der Waals surface area contributed by atoms with Crippen molar-refractivity contribution in [2.45, 2.75) is 37.5 Å². The van der Waals surface area contributed by atoms with Crippen LogP contribution in [0.2, 0.25) is 0 Å². The fourth-order valence-corrected chi connectivity index (χ4v) is 3.49. The first-order valence-electron chi connectivity index (χ1n) is 7.94. The Morgan fingerprint density at radius 2 is 2.05 bits per heavy atom. The highest BCUT2D eigenvalue weighted by atomic mass is 19.1. The highest BCUT2D eigenvalue weighted by Gasteiger charge is 2.35. The summed E-state index contributed by atoms with van der Waals surface area (Å²) >= 11 is 0. The van der Waals surface area contributed by atoms with Gasteiger partial charge in [0.1, 0.15) is 5.82 Å². The summed E-state index contributed by atoms with van der Waals surface area (Å²) in [5, 5.41) is 6.23. The predicted octanol–water partition coefficient (Wildman–Crippen LogP) is 2.36. The number of rotatable bonds is 4. The van der Waals surface area contributed by atoms with Crippen molar-refractivity contribution in [2.24, 2.45) is 5.92 Å². The highest BCUT2D eigenvalue weighted by Crippen LogP contribution is 2.39. The van der Waals surface area contributed by atoms with Crippen LogP contribution in [0.3, 0.4) is 0 Å². The number of benzene rings is 1. The largest absolute Gasteiger partial charge is 0.355 e. The zero-order chi connectivity index (χ0) is 14.7. The van der Waals surface area contributed by atoms with E-state index in [2.05, 4.69) is 10.6 Å². The molecule has 1 heterocycles. The van der Waals surface area contributed by atoms with Gasteiger partial charge in [0.25, 0.3) is 0 Å². The Labute approximate surface area is 125 Å². The normalized spacial score (nSPS) is 21.6. The maximum Gasteiger partial charge on any atom is 0.225 e. The number of hydrogen-bond acceptors (Lipinski definition) is 2. The quantitative estimate of drug-likeness (QED) is 0.894. The molecule has 2 aliphatic rings. The van der Waals surface area contributed by atoms with E-state index in [9.17, 15) is 9.18 Å². The van der Waals surface area contributed by atoms with Crippen molar-refractivity contribution in [2.75, 3.05) is 19.6 Å². The molecule has 2 fully saturated rings. The smallest absolute Gasteiger partial charge is 0.225 e. The molecule has 1 aromatic rings. The third kappa shape index (κ3) is 3.10. The van der Waals surface area contributed by atoms with Crippen LogP contribution in [0.15, 0.2) is 24.3 Å². The Balaban J connectivity index is 1.74. The number of amides is 1. The van der Waals surface area contributed by atoms with Gasteiger partial charge in [0.2, 0.25) is 5.91 Å². The minimum absolute atomic E-state index is 0.0901. The molecule has 0 unspecified atom stereocenters. The summed E-state index contributed by atoms with van der Waals surface area (Å²) in [6, 6.07) is 6.91. The summed E-state index contributed by atoms with van der Waals surface area (Å²) in [5.41, 5.74) is 0.946. The maximum atomic E-state index is 13.6. The van der Waals surface area contributed by atoms with Gasteiger partial charge in [-0.25, -0.2) is 4.39 Å². The van der Waals surface area contributed by atoms with E-state index in [0.29, 0.717) is 6.54 Å². The second-order valence-corrected chi connectivity index (χ2v) is 6.42. The molecule has 3 nitrogen and oxygen atoms in total. The first kappa shape index (κ1) is 14.5. The molecular formula is C17H23FN2O. The Morgan fingerprint density at radius 3 is 2.67 bits per heavy atom. The van der Waals surface area contributed by atoms with Gasteiger partial charge in [0, 0.05) is 25.0 Å². The molecule has 3 rings (SSSR count). The van der Waals surface area contributed by atoms with Gasteiger partial charge >= 0.3 is 0 Å². The lowest BCUT2D eigenvalue weighted by atomic mass is 9.69. The van der Waals surface area contributed by atoms with Gasteiger partial charge in [-0.2, -0.15) is 0 Å². The molecule has 1 saturated heterocycles. The summed E-state index contributed by atoms with van der Waals surface area (Å²) in [6.07, 6.45) is 5.59. The molecule has 1 amide bonds. The summed E-state index contributed by atoms with van der Waals surface area (Å²) in [4.78, 5) is 12.1. The van der Waals surface area contributed by atoms with Crippen molar-refractivity contribution in [3.05, 3.63) is 35.6 Å². The molecular weight excluding hydrogens is 267 g/mol. The summed E-state index contributed by atoms with van der Waals surface area (Å²) < 4.78 is 13.6. The average molecular weight is 290 g/mol. The van der Waals surface area contributed by atoms with Crippen LogP contribution in [-0.4, -0.2) is 25.5 Å². The third-order valence-corrected chi connectivity index (χ3v) is 5.00. The van der Waals surface area contributed by atoms with Crippen molar-refractivity contribution in [1.82, 2.24) is 10.6 Å². The molecule has 4 heteroatoms. The van der Waals surface area contributed by atoms with Crippen molar-refractivity contribution < 1.29 is 9.18 Å². The third-order valence-electron chi connectivity index (χ3n) is 5.00.